The van der Waals surface area contributed by atoms with Gasteiger partial charge in [0.25, 0.3) is 0 Å². The SMILES string of the molecule is [O-][n+]1cccc2c(C(F)(F)F)c(Cl)ccc21. The van der Waals surface area contributed by atoms with E-state index in [9.17, 15) is 18.4 Å². The van der Waals surface area contributed by atoms with E-state index in [1.807, 2.05) is 0 Å². The molecule has 1 aromatic heterocycles. The van der Waals surface area contributed by atoms with Gasteiger partial charge >= 0.3 is 6.18 Å². The molecule has 6 heteroatoms. The van der Waals surface area contributed by atoms with Gasteiger partial charge in [-0.15, -0.1) is 0 Å². The number of hydrogen-bond acceptors (Lipinski definition) is 1. The first-order chi connectivity index (χ1) is 7.41. The smallest absolute Gasteiger partial charge is 0.418 e. The van der Waals surface area contributed by atoms with Gasteiger partial charge in [0.05, 0.1) is 16.0 Å². The van der Waals surface area contributed by atoms with Gasteiger partial charge in [-0.2, -0.15) is 17.9 Å². The molecule has 2 rings (SSSR count). The molecule has 1 heterocycles. The van der Waals surface area contributed by atoms with Gasteiger partial charge in [0.1, 0.15) is 0 Å². The van der Waals surface area contributed by atoms with Crippen LogP contribution in [-0.4, -0.2) is 0 Å². The Bertz CT molecular complexity index is 553. The maximum atomic E-state index is 12.7. The first-order valence-corrected chi connectivity index (χ1v) is 4.66. The maximum Gasteiger partial charge on any atom is 0.418 e. The second-order valence-corrected chi connectivity index (χ2v) is 3.59. The number of benzene rings is 1. The topological polar surface area (TPSA) is 26.9 Å². The summed E-state index contributed by atoms with van der Waals surface area (Å²) in [5.41, 5.74) is -1.03. The molecule has 2 nitrogen and oxygen atoms in total. The van der Waals surface area contributed by atoms with E-state index >= 15 is 0 Å². The van der Waals surface area contributed by atoms with Crippen molar-refractivity contribution in [3.05, 3.63) is 46.3 Å². The van der Waals surface area contributed by atoms with Gasteiger partial charge < -0.3 is 5.21 Å². The van der Waals surface area contributed by atoms with Crippen molar-refractivity contribution < 1.29 is 17.9 Å². The summed E-state index contributed by atoms with van der Waals surface area (Å²) in [6.07, 6.45) is -3.44. The average molecular weight is 248 g/mol. The van der Waals surface area contributed by atoms with Crippen LogP contribution in [-0.2, 0) is 6.18 Å². The number of pyridine rings is 1. The van der Waals surface area contributed by atoms with Crippen LogP contribution in [0.4, 0.5) is 13.2 Å². The molecule has 0 aliphatic heterocycles. The van der Waals surface area contributed by atoms with E-state index in [0.29, 0.717) is 4.73 Å². The van der Waals surface area contributed by atoms with E-state index in [2.05, 4.69) is 0 Å². The van der Waals surface area contributed by atoms with Gasteiger partial charge in [-0.05, 0) is 12.1 Å². The van der Waals surface area contributed by atoms with E-state index in [-0.39, 0.29) is 10.9 Å². The number of fused-ring (bicyclic) bond motifs is 1. The summed E-state index contributed by atoms with van der Waals surface area (Å²) in [6.45, 7) is 0. The van der Waals surface area contributed by atoms with Crippen molar-refractivity contribution in [1.29, 1.82) is 0 Å². The van der Waals surface area contributed by atoms with Gasteiger partial charge in [0.2, 0.25) is 5.52 Å². The van der Waals surface area contributed by atoms with Crippen LogP contribution in [0.15, 0.2) is 30.5 Å². The van der Waals surface area contributed by atoms with Crippen LogP contribution in [0.5, 0.6) is 0 Å². The highest BCUT2D eigenvalue weighted by Crippen LogP contribution is 2.38. The highest BCUT2D eigenvalue weighted by molar-refractivity contribution is 6.32. The predicted octanol–water partition coefficient (Wildman–Crippen LogP) is 3.15. The molecule has 0 fully saturated rings. The summed E-state index contributed by atoms with van der Waals surface area (Å²) in [4.78, 5) is 0. The van der Waals surface area contributed by atoms with Crippen LogP contribution < -0.4 is 4.73 Å². The number of halogens is 4. The molecule has 0 atom stereocenters. The lowest BCUT2D eigenvalue weighted by Gasteiger charge is -2.11. The van der Waals surface area contributed by atoms with Crippen LogP contribution in [0.3, 0.4) is 0 Å². The molecule has 0 amide bonds. The van der Waals surface area contributed by atoms with Crippen molar-refractivity contribution in [2.45, 2.75) is 6.18 Å². The molecule has 2 aromatic rings. The lowest BCUT2D eigenvalue weighted by atomic mass is 10.1. The molecule has 0 saturated heterocycles. The Morgan fingerprint density at radius 1 is 1.19 bits per heavy atom. The van der Waals surface area contributed by atoms with E-state index in [1.54, 1.807) is 0 Å². The monoisotopic (exact) mass is 247 g/mol. The summed E-state index contributed by atoms with van der Waals surface area (Å²) in [6, 6.07) is 4.81. The van der Waals surface area contributed by atoms with Gasteiger partial charge in [-0.3, -0.25) is 0 Å². The molecular formula is C10H5ClF3NO. The minimum Gasteiger partial charge on any atom is -0.618 e. The molecule has 16 heavy (non-hydrogen) atoms. The Hall–Kier alpha value is -1.49. The van der Waals surface area contributed by atoms with Crippen molar-refractivity contribution in [2.24, 2.45) is 0 Å². The molecule has 84 valence electrons. The molecule has 0 spiro atoms. The minimum absolute atomic E-state index is 0.0563. The van der Waals surface area contributed by atoms with E-state index < -0.39 is 16.8 Å². The quantitative estimate of drug-likeness (QED) is 0.519. The van der Waals surface area contributed by atoms with E-state index in [0.717, 1.165) is 12.3 Å². The van der Waals surface area contributed by atoms with Gasteiger partial charge in [-0.25, -0.2) is 0 Å². The average Bonchev–Trinajstić information content (AvgIpc) is 2.15. The number of aromatic nitrogens is 1. The van der Waals surface area contributed by atoms with E-state index in [4.69, 9.17) is 11.6 Å². The lowest BCUT2D eigenvalue weighted by molar-refractivity contribution is -0.577. The van der Waals surface area contributed by atoms with Crippen molar-refractivity contribution in [2.75, 3.05) is 0 Å². The molecule has 0 aliphatic rings. The summed E-state index contributed by atoms with van der Waals surface area (Å²) in [5.74, 6) is 0. The first-order valence-electron chi connectivity index (χ1n) is 4.29. The summed E-state index contributed by atoms with van der Waals surface area (Å²) in [7, 11) is 0. The lowest BCUT2D eigenvalue weighted by Crippen LogP contribution is -2.26. The normalized spacial score (nSPS) is 12.0. The highest BCUT2D eigenvalue weighted by atomic mass is 35.5. The molecule has 0 bridgehead atoms. The molecule has 0 N–H and O–H groups in total. The fourth-order valence-electron chi connectivity index (χ4n) is 1.53. The standard InChI is InChI=1S/C10H5ClF3NO/c11-7-3-4-8-6(2-1-5-15(8)16)9(7)10(12,13)14/h1-5H. The Morgan fingerprint density at radius 2 is 1.88 bits per heavy atom. The predicted molar refractivity (Wildman–Crippen MR) is 52.9 cm³/mol. The Morgan fingerprint density at radius 3 is 2.50 bits per heavy atom. The maximum absolute atomic E-state index is 12.7. The minimum atomic E-state index is -4.58. The van der Waals surface area contributed by atoms with Crippen LogP contribution in [0.25, 0.3) is 10.9 Å². The van der Waals surface area contributed by atoms with Gasteiger partial charge in [-0.1, -0.05) is 11.6 Å². The van der Waals surface area contributed by atoms with Crippen LogP contribution in [0.2, 0.25) is 5.02 Å². The largest absolute Gasteiger partial charge is 0.618 e. The second kappa shape index (κ2) is 3.52. The second-order valence-electron chi connectivity index (χ2n) is 3.19. The fourth-order valence-corrected chi connectivity index (χ4v) is 1.80. The third-order valence-electron chi connectivity index (χ3n) is 2.18. The zero-order chi connectivity index (χ0) is 11.9. The van der Waals surface area contributed by atoms with Crippen molar-refractivity contribution in [3.8, 4) is 0 Å². The summed E-state index contributed by atoms with van der Waals surface area (Å²) >= 11 is 5.51. The molecule has 0 radical (unpaired) electrons. The first kappa shape index (κ1) is 11.0. The Kier molecular flexibility index (Phi) is 2.42. The third kappa shape index (κ3) is 1.67. The fraction of sp³-hybridized carbons (Fsp3) is 0.100. The summed E-state index contributed by atoms with van der Waals surface area (Å²) in [5, 5.41) is 10.7. The number of rotatable bonds is 0. The van der Waals surface area contributed by atoms with E-state index in [1.165, 1.54) is 18.2 Å². The van der Waals surface area contributed by atoms with Gasteiger partial charge in [0, 0.05) is 12.1 Å². The Balaban J connectivity index is 2.91. The zero-order valence-corrected chi connectivity index (χ0v) is 8.51. The molecule has 0 unspecified atom stereocenters. The highest BCUT2D eigenvalue weighted by Gasteiger charge is 2.36. The van der Waals surface area contributed by atoms with Crippen molar-refractivity contribution in [1.82, 2.24) is 0 Å². The Labute approximate surface area is 93.5 Å². The zero-order valence-electron chi connectivity index (χ0n) is 7.75. The van der Waals surface area contributed by atoms with Crippen molar-refractivity contribution in [3.63, 3.8) is 0 Å². The number of nitrogens with zero attached hydrogens (tertiary/aromatic N) is 1. The number of hydrogen-bond donors (Lipinski definition) is 0. The molecule has 0 saturated carbocycles. The van der Waals surface area contributed by atoms with Crippen LogP contribution >= 0.6 is 11.6 Å². The van der Waals surface area contributed by atoms with Crippen molar-refractivity contribution >= 4 is 22.5 Å². The van der Waals surface area contributed by atoms with Crippen LogP contribution in [0, 0.1) is 5.21 Å². The summed E-state index contributed by atoms with van der Waals surface area (Å²) < 4.78 is 38.5. The molecule has 1 aromatic carbocycles. The van der Waals surface area contributed by atoms with Gasteiger partial charge in [0.15, 0.2) is 6.20 Å². The number of alkyl halides is 3. The molecular weight excluding hydrogens is 243 g/mol. The molecule has 0 aliphatic carbocycles. The van der Waals surface area contributed by atoms with Crippen LogP contribution in [0.1, 0.15) is 5.56 Å². The third-order valence-corrected chi connectivity index (χ3v) is 2.49.